The second kappa shape index (κ2) is 13.8. The number of aliphatic imine (C=N–C) groups is 1. The quantitative estimate of drug-likeness (QED) is 0.120. The number of ether oxygens (including phenoxy) is 1. The Labute approximate surface area is 197 Å². The highest BCUT2D eigenvalue weighted by molar-refractivity contribution is 14.0. The molecule has 1 heterocycles. The van der Waals surface area contributed by atoms with Gasteiger partial charge in [0.2, 0.25) is 0 Å². The molecule has 0 unspecified atom stereocenters. The number of hydrogen-bond donors (Lipinski definition) is 2. The van der Waals surface area contributed by atoms with Gasteiger partial charge in [-0.25, -0.2) is 0 Å². The topological polar surface area (TPSA) is 92.0 Å². The third-order valence-electron chi connectivity index (χ3n) is 5.17. The molecule has 0 aliphatic carbocycles. The standard InChI is InChI=1S/C21H35N5O3.HI/c1-4-22-20(24-17-21(2,3)25-13-15-29-16-14-25)23-12-6-5-7-18-8-10-19(11-9-18)26(27)28;/h8-11H,4-7,12-17H2,1-3H3,(H2,22,23,24);1H. The van der Waals surface area contributed by atoms with Gasteiger partial charge in [0.1, 0.15) is 0 Å². The van der Waals surface area contributed by atoms with Crippen LogP contribution in [-0.2, 0) is 11.2 Å². The van der Waals surface area contributed by atoms with Crippen molar-refractivity contribution in [1.29, 1.82) is 0 Å². The monoisotopic (exact) mass is 533 g/mol. The summed E-state index contributed by atoms with van der Waals surface area (Å²) in [6.07, 6.45) is 2.94. The van der Waals surface area contributed by atoms with Crippen LogP contribution in [0.15, 0.2) is 29.3 Å². The zero-order chi connectivity index (χ0) is 21.1. The molecular weight excluding hydrogens is 497 g/mol. The molecule has 0 bridgehead atoms. The van der Waals surface area contributed by atoms with E-state index in [1.165, 1.54) is 0 Å². The second-order valence-electron chi connectivity index (χ2n) is 7.91. The van der Waals surface area contributed by atoms with Gasteiger partial charge in [-0.1, -0.05) is 12.1 Å². The van der Waals surface area contributed by atoms with Crippen LogP contribution in [0.2, 0.25) is 0 Å². The van der Waals surface area contributed by atoms with Crippen molar-refractivity contribution in [2.24, 2.45) is 4.99 Å². The Balaban J connectivity index is 0.00000450. The summed E-state index contributed by atoms with van der Waals surface area (Å²) in [6, 6.07) is 6.81. The van der Waals surface area contributed by atoms with Gasteiger partial charge in [-0.3, -0.25) is 20.0 Å². The maximum atomic E-state index is 10.7. The summed E-state index contributed by atoms with van der Waals surface area (Å²) in [5.74, 6) is 0.851. The van der Waals surface area contributed by atoms with Crippen LogP contribution in [0.25, 0.3) is 0 Å². The van der Waals surface area contributed by atoms with Gasteiger partial charge in [-0.2, -0.15) is 0 Å². The van der Waals surface area contributed by atoms with Gasteiger partial charge in [0.15, 0.2) is 5.96 Å². The number of nitrogens with zero attached hydrogens (tertiary/aromatic N) is 3. The number of halogens is 1. The lowest BCUT2D eigenvalue weighted by atomic mass is 10.0. The Bertz CT molecular complexity index is 661. The number of benzene rings is 1. The molecule has 0 amide bonds. The van der Waals surface area contributed by atoms with Crippen molar-refractivity contribution in [2.45, 2.75) is 45.6 Å². The average Bonchev–Trinajstić information content (AvgIpc) is 2.72. The van der Waals surface area contributed by atoms with Crippen LogP contribution in [0.1, 0.15) is 39.2 Å². The van der Waals surface area contributed by atoms with Gasteiger partial charge in [-0.05, 0) is 45.6 Å². The molecule has 0 atom stereocenters. The molecule has 0 aromatic heterocycles. The summed E-state index contributed by atoms with van der Waals surface area (Å²) in [7, 11) is 0. The smallest absolute Gasteiger partial charge is 0.269 e. The molecule has 0 spiro atoms. The Morgan fingerprint density at radius 3 is 2.47 bits per heavy atom. The van der Waals surface area contributed by atoms with Crippen molar-refractivity contribution in [3.05, 3.63) is 39.9 Å². The molecule has 8 nitrogen and oxygen atoms in total. The summed E-state index contributed by atoms with van der Waals surface area (Å²) in [6.45, 7) is 12.4. The molecule has 9 heteroatoms. The number of nitro groups is 1. The number of unbranched alkanes of at least 4 members (excludes halogenated alkanes) is 1. The maximum absolute atomic E-state index is 10.7. The van der Waals surface area contributed by atoms with E-state index >= 15 is 0 Å². The van der Waals surface area contributed by atoms with Gasteiger partial charge < -0.3 is 15.4 Å². The predicted octanol–water partition coefficient (Wildman–Crippen LogP) is 3.20. The molecule has 1 aliphatic heterocycles. The van der Waals surface area contributed by atoms with Crippen LogP contribution in [0.3, 0.4) is 0 Å². The predicted molar refractivity (Wildman–Crippen MR) is 132 cm³/mol. The fourth-order valence-electron chi connectivity index (χ4n) is 3.33. The molecule has 170 valence electrons. The molecule has 2 N–H and O–H groups in total. The number of nitro benzene ring substituents is 1. The van der Waals surface area contributed by atoms with E-state index in [1.807, 2.05) is 12.1 Å². The largest absolute Gasteiger partial charge is 0.379 e. The van der Waals surface area contributed by atoms with Crippen molar-refractivity contribution >= 4 is 35.6 Å². The van der Waals surface area contributed by atoms with Gasteiger partial charge >= 0.3 is 0 Å². The molecule has 2 rings (SSSR count). The minimum absolute atomic E-state index is 0. The maximum Gasteiger partial charge on any atom is 0.269 e. The molecular formula is C21H36IN5O3. The molecule has 0 saturated carbocycles. The molecule has 1 fully saturated rings. The first kappa shape index (κ1) is 26.6. The van der Waals surface area contributed by atoms with Crippen LogP contribution < -0.4 is 10.6 Å². The summed E-state index contributed by atoms with van der Waals surface area (Å²) in [5, 5.41) is 17.4. The van der Waals surface area contributed by atoms with Gasteiger partial charge in [-0.15, -0.1) is 24.0 Å². The van der Waals surface area contributed by atoms with Gasteiger partial charge in [0.25, 0.3) is 5.69 Å². The number of nitrogens with one attached hydrogen (secondary N) is 2. The molecule has 1 aliphatic rings. The molecule has 30 heavy (non-hydrogen) atoms. The van der Waals surface area contributed by atoms with Crippen molar-refractivity contribution in [1.82, 2.24) is 15.5 Å². The summed E-state index contributed by atoms with van der Waals surface area (Å²) < 4.78 is 5.45. The molecule has 1 aromatic rings. The Morgan fingerprint density at radius 1 is 1.20 bits per heavy atom. The Hall–Kier alpha value is -1.46. The normalized spacial score (nSPS) is 15.4. The summed E-state index contributed by atoms with van der Waals surface area (Å²) in [5.41, 5.74) is 1.27. The number of guanidine groups is 1. The SMILES string of the molecule is CCNC(=NCC(C)(C)N1CCOCC1)NCCCCc1ccc([N+](=O)[O-])cc1.I. The van der Waals surface area contributed by atoms with Crippen molar-refractivity contribution < 1.29 is 9.66 Å². The summed E-state index contributed by atoms with van der Waals surface area (Å²) in [4.78, 5) is 17.6. The van der Waals surface area contributed by atoms with Gasteiger partial charge in [0, 0.05) is 43.9 Å². The lowest BCUT2D eigenvalue weighted by Crippen LogP contribution is -2.52. The summed E-state index contributed by atoms with van der Waals surface area (Å²) >= 11 is 0. The van der Waals surface area contributed by atoms with Gasteiger partial charge in [0.05, 0.1) is 24.7 Å². The lowest BCUT2D eigenvalue weighted by Gasteiger charge is -2.39. The minimum Gasteiger partial charge on any atom is -0.379 e. The van der Waals surface area contributed by atoms with E-state index in [9.17, 15) is 10.1 Å². The van der Waals surface area contributed by atoms with Crippen LogP contribution in [-0.4, -0.2) is 67.3 Å². The second-order valence-corrected chi connectivity index (χ2v) is 7.91. The third-order valence-corrected chi connectivity index (χ3v) is 5.17. The van der Waals surface area contributed by atoms with E-state index < -0.39 is 0 Å². The number of hydrogen-bond acceptors (Lipinski definition) is 5. The van der Waals surface area contributed by atoms with Crippen LogP contribution >= 0.6 is 24.0 Å². The van der Waals surface area contributed by atoms with Crippen molar-refractivity contribution in [3.8, 4) is 0 Å². The van der Waals surface area contributed by atoms with E-state index in [0.717, 1.165) is 76.7 Å². The van der Waals surface area contributed by atoms with Crippen LogP contribution in [0.4, 0.5) is 5.69 Å². The lowest BCUT2D eigenvalue weighted by molar-refractivity contribution is -0.384. The molecule has 1 saturated heterocycles. The van der Waals surface area contributed by atoms with Crippen molar-refractivity contribution in [2.75, 3.05) is 45.9 Å². The highest BCUT2D eigenvalue weighted by Gasteiger charge is 2.28. The zero-order valence-corrected chi connectivity index (χ0v) is 20.7. The number of rotatable bonds is 10. The van der Waals surface area contributed by atoms with E-state index in [4.69, 9.17) is 9.73 Å². The highest BCUT2D eigenvalue weighted by Crippen LogP contribution is 2.16. The Kier molecular flexibility index (Phi) is 12.2. The molecule has 0 radical (unpaired) electrons. The first-order chi connectivity index (χ1) is 13.9. The first-order valence-electron chi connectivity index (χ1n) is 10.5. The molecule has 1 aromatic carbocycles. The van der Waals surface area contributed by atoms with Crippen LogP contribution in [0.5, 0.6) is 0 Å². The first-order valence-corrected chi connectivity index (χ1v) is 10.5. The fourth-order valence-corrected chi connectivity index (χ4v) is 3.33. The van der Waals surface area contributed by atoms with E-state index in [-0.39, 0.29) is 40.1 Å². The minimum atomic E-state index is -0.365. The highest BCUT2D eigenvalue weighted by atomic mass is 127. The number of aryl methyl sites for hydroxylation is 1. The van der Waals surface area contributed by atoms with Crippen molar-refractivity contribution in [3.63, 3.8) is 0 Å². The number of non-ortho nitro benzene ring substituents is 1. The van der Waals surface area contributed by atoms with Crippen LogP contribution in [0, 0.1) is 10.1 Å². The van der Waals surface area contributed by atoms with E-state index in [2.05, 4.69) is 36.3 Å². The Morgan fingerprint density at radius 2 is 1.87 bits per heavy atom. The number of morpholine rings is 1. The zero-order valence-electron chi connectivity index (χ0n) is 18.4. The average molecular weight is 533 g/mol. The van der Waals surface area contributed by atoms with E-state index in [1.54, 1.807) is 12.1 Å². The fraction of sp³-hybridized carbons (Fsp3) is 0.667. The van der Waals surface area contributed by atoms with E-state index in [0.29, 0.717) is 0 Å². The third kappa shape index (κ3) is 9.13.